The number of likely N-dealkylation sites (tertiary alicyclic amines) is 1. The molecule has 2 aliphatic rings. The fraction of sp³-hybridized carbons (Fsp3) is 0.696. The van der Waals surface area contributed by atoms with Crippen molar-refractivity contribution in [3.05, 3.63) is 18.0 Å². The Morgan fingerprint density at radius 2 is 1.87 bits per heavy atom. The van der Waals surface area contributed by atoms with E-state index in [4.69, 9.17) is 14.7 Å². The summed E-state index contributed by atoms with van der Waals surface area (Å²) in [5.41, 5.74) is 2.09. The lowest BCUT2D eigenvalue weighted by Gasteiger charge is -2.30. The molecule has 1 aliphatic heterocycles. The van der Waals surface area contributed by atoms with E-state index in [9.17, 15) is 5.11 Å². The molecule has 7 heteroatoms. The van der Waals surface area contributed by atoms with Gasteiger partial charge in [0.2, 0.25) is 11.8 Å². The number of aliphatic hydroxyl groups is 1. The number of hydrogen-bond donors (Lipinski definition) is 2. The molecule has 0 radical (unpaired) electrons. The van der Waals surface area contributed by atoms with Crippen molar-refractivity contribution in [1.29, 1.82) is 0 Å². The van der Waals surface area contributed by atoms with Gasteiger partial charge in [-0.25, -0.2) is 15.0 Å². The van der Waals surface area contributed by atoms with Gasteiger partial charge in [-0.15, -0.1) is 0 Å². The smallest absolute Gasteiger partial charge is 0.224 e. The average Bonchev–Trinajstić information content (AvgIpc) is 2.76. The Kier molecular flexibility index (Phi) is 6.68. The summed E-state index contributed by atoms with van der Waals surface area (Å²) in [5, 5.41) is 14.2. The molecule has 2 aromatic heterocycles. The summed E-state index contributed by atoms with van der Waals surface area (Å²) in [4.78, 5) is 16.5. The first-order valence-corrected chi connectivity index (χ1v) is 11.5. The number of rotatable bonds is 6. The molecule has 0 spiro atoms. The van der Waals surface area contributed by atoms with Crippen LogP contribution in [0.4, 0.5) is 5.95 Å². The second-order valence-corrected chi connectivity index (χ2v) is 9.05. The van der Waals surface area contributed by atoms with E-state index in [2.05, 4.69) is 36.1 Å². The van der Waals surface area contributed by atoms with Crippen molar-refractivity contribution in [2.45, 2.75) is 83.0 Å². The minimum atomic E-state index is -0.176. The fourth-order valence-electron chi connectivity index (χ4n) is 4.45. The summed E-state index contributed by atoms with van der Waals surface area (Å²) >= 11 is 0. The van der Waals surface area contributed by atoms with Crippen LogP contribution in [0.3, 0.4) is 0 Å². The van der Waals surface area contributed by atoms with Crippen LogP contribution in [0.25, 0.3) is 10.9 Å². The van der Waals surface area contributed by atoms with Crippen LogP contribution in [0, 0.1) is 0 Å². The molecule has 1 aliphatic carbocycles. The van der Waals surface area contributed by atoms with Crippen LogP contribution in [0.15, 0.2) is 12.4 Å². The van der Waals surface area contributed by atoms with E-state index in [1.165, 1.54) is 0 Å². The first-order valence-electron chi connectivity index (χ1n) is 11.5. The van der Waals surface area contributed by atoms with Gasteiger partial charge in [0.15, 0.2) is 0 Å². The van der Waals surface area contributed by atoms with Gasteiger partial charge < -0.3 is 20.1 Å². The van der Waals surface area contributed by atoms with Gasteiger partial charge in [-0.2, -0.15) is 0 Å². The monoisotopic (exact) mass is 413 g/mol. The number of piperidine rings is 1. The molecular weight excluding hydrogens is 378 g/mol. The zero-order valence-corrected chi connectivity index (χ0v) is 18.5. The van der Waals surface area contributed by atoms with Gasteiger partial charge >= 0.3 is 0 Å². The van der Waals surface area contributed by atoms with E-state index in [0.29, 0.717) is 23.8 Å². The van der Waals surface area contributed by atoms with Crippen molar-refractivity contribution in [1.82, 2.24) is 19.9 Å². The van der Waals surface area contributed by atoms with E-state index in [-0.39, 0.29) is 12.2 Å². The summed E-state index contributed by atoms with van der Waals surface area (Å²) in [6, 6.07) is 0.313. The number of aliphatic hydroxyl groups excluding tert-OH is 1. The second-order valence-electron chi connectivity index (χ2n) is 9.05. The number of ether oxygens (including phenoxy) is 1. The van der Waals surface area contributed by atoms with Crippen molar-refractivity contribution < 1.29 is 9.84 Å². The molecule has 1 saturated heterocycles. The highest BCUT2D eigenvalue weighted by Gasteiger charge is 2.26. The molecule has 30 heavy (non-hydrogen) atoms. The van der Waals surface area contributed by atoms with Crippen molar-refractivity contribution in [3.63, 3.8) is 0 Å². The van der Waals surface area contributed by atoms with Gasteiger partial charge in [0.25, 0.3) is 0 Å². The highest BCUT2D eigenvalue weighted by molar-refractivity contribution is 5.86. The molecule has 0 bridgehead atoms. The molecule has 2 N–H and O–H groups in total. The Morgan fingerprint density at radius 1 is 1.13 bits per heavy atom. The molecule has 1 atom stereocenters. The predicted molar refractivity (Wildman–Crippen MR) is 119 cm³/mol. The summed E-state index contributed by atoms with van der Waals surface area (Å²) in [6.07, 6.45) is 10.5. The van der Waals surface area contributed by atoms with Crippen LogP contribution in [0.5, 0.6) is 5.88 Å². The molecule has 2 aromatic rings. The van der Waals surface area contributed by atoms with E-state index < -0.39 is 0 Å². The maximum absolute atomic E-state index is 9.93. The van der Waals surface area contributed by atoms with E-state index >= 15 is 0 Å². The summed E-state index contributed by atoms with van der Waals surface area (Å²) in [5.74, 6) is 1.67. The molecule has 7 nitrogen and oxygen atoms in total. The third kappa shape index (κ3) is 4.83. The van der Waals surface area contributed by atoms with E-state index in [1.807, 2.05) is 12.4 Å². The van der Waals surface area contributed by atoms with E-state index in [0.717, 1.165) is 74.5 Å². The zero-order valence-electron chi connectivity index (χ0n) is 18.5. The van der Waals surface area contributed by atoms with Crippen LogP contribution in [0.2, 0.25) is 0 Å². The van der Waals surface area contributed by atoms with E-state index in [1.54, 1.807) is 0 Å². The summed E-state index contributed by atoms with van der Waals surface area (Å²) in [7, 11) is 2.15. The van der Waals surface area contributed by atoms with Crippen LogP contribution < -0.4 is 10.1 Å². The SMILES string of the molecule is CC[C@H](C)Nc1ncc2c(OC3CCN(C)CC3)ncc(C3CCC(O)CC3)c2n1. The maximum Gasteiger partial charge on any atom is 0.224 e. The topological polar surface area (TPSA) is 83.4 Å². The lowest BCUT2D eigenvalue weighted by atomic mass is 9.83. The van der Waals surface area contributed by atoms with Crippen molar-refractivity contribution >= 4 is 16.9 Å². The number of anilines is 1. The zero-order chi connectivity index (χ0) is 21.1. The molecule has 164 valence electrons. The fourth-order valence-corrected chi connectivity index (χ4v) is 4.45. The Balaban J connectivity index is 1.66. The third-order valence-electron chi connectivity index (χ3n) is 6.68. The highest BCUT2D eigenvalue weighted by Crippen LogP contribution is 2.38. The Morgan fingerprint density at radius 3 is 2.57 bits per heavy atom. The highest BCUT2D eigenvalue weighted by atomic mass is 16.5. The number of nitrogens with one attached hydrogen (secondary N) is 1. The molecule has 1 saturated carbocycles. The molecule has 0 amide bonds. The van der Waals surface area contributed by atoms with Gasteiger partial charge in [0.1, 0.15) is 6.10 Å². The van der Waals surface area contributed by atoms with Gasteiger partial charge in [-0.05, 0) is 64.8 Å². The Labute approximate surface area is 179 Å². The second kappa shape index (κ2) is 9.43. The van der Waals surface area contributed by atoms with Crippen molar-refractivity contribution in [2.24, 2.45) is 0 Å². The van der Waals surface area contributed by atoms with Crippen molar-refractivity contribution in [2.75, 3.05) is 25.5 Å². The minimum absolute atomic E-state index is 0.176. The molecule has 0 aromatic carbocycles. The Hall–Kier alpha value is -1.99. The maximum atomic E-state index is 9.93. The average molecular weight is 414 g/mol. The van der Waals surface area contributed by atoms with Crippen molar-refractivity contribution in [3.8, 4) is 5.88 Å². The van der Waals surface area contributed by atoms with Gasteiger partial charge in [0.05, 0.1) is 17.0 Å². The Bertz CT molecular complexity index is 845. The predicted octanol–water partition coefficient (Wildman–Crippen LogP) is 3.73. The quantitative estimate of drug-likeness (QED) is 0.746. The molecule has 4 rings (SSSR count). The van der Waals surface area contributed by atoms with Crippen LogP contribution in [-0.4, -0.2) is 63.3 Å². The van der Waals surface area contributed by atoms with Crippen LogP contribution in [-0.2, 0) is 0 Å². The molecule has 0 unspecified atom stereocenters. The number of pyridine rings is 1. The first kappa shape index (κ1) is 21.2. The molecular formula is C23H35N5O2. The summed E-state index contributed by atoms with van der Waals surface area (Å²) in [6.45, 7) is 6.38. The number of hydrogen-bond acceptors (Lipinski definition) is 7. The lowest BCUT2D eigenvalue weighted by Crippen LogP contribution is -2.35. The number of aromatic nitrogens is 3. The first-order chi connectivity index (χ1) is 14.5. The van der Waals surface area contributed by atoms with Gasteiger partial charge in [-0.1, -0.05) is 6.92 Å². The minimum Gasteiger partial charge on any atom is -0.474 e. The standard InChI is InChI=1S/C23H35N5O2/c1-4-15(2)26-23-25-14-20-21(27-23)19(16-5-7-17(29)8-6-16)13-24-22(20)30-18-9-11-28(3)12-10-18/h13-18,29H,4-12H2,1-3H3,(H,25,26,27)/t15-,16?,17?/m0/s1. The van der Waals surface area contributed by atoms with Gasteiger partial charge in [-0.3, -0.25) is 0 Å². The normalized spacial score (nSPS) is 24.7. The number of fused-ring (bicyclic) bond motifs is 1. The van der Waals surface area contributed by atoms with Crippen LogP contribution >= 0.6 is 0 Å². The largest absolute Gasteiger partial charge is 0.474 e. The lowest BCUT2D eigenvalue weighted by molar-refractivity contribution is 0.111. The van der Waals surface area contributed by atoms with Crippen LogP contribution in [0.1, 0.15) is 70.3 Å². The molecule has 2 fully saturated rings. The number of nitrogens with zero attached hydrogens (tertiary/aromatic N) is 4. The third-order valence-corrected chi connectivity index (χ3v) is 6.68. The molecule has 3 heterocycles. The van der Waals surface area contributed by atoms with Gasteiger partial charge in [0, 0.05) is 37.1 Å². The summed E-state index contributed by atoms with van der Waals surface area (Å²) < 4.78 is 6.34.